The van der Waals surface area contributed by atoms with Crippen LogP contribution in [0.3, 0.4) is 0 Å². The highest BCUT2D eigenvalue weighted by molar-refractivity contribution is 5.94. The number of benzene rings is 4. The molecule has 4 aromatic rings. The Morgan fingerprint density at radius 3 is 1.09 bits per heavy atom. The van der Waals surface area contributed by atoms with Crippen molar-refractivity contribution in [3.05, 3.63) is 148 Å². The molecule has 5 rings (SSSR count). The zero-order chi connectivity index (χ0) is 22.6. The zero-order valence-electron chi connectivity index (χ0n) is 18.1. The van der Waals surface area contributed by atoms with Crippen LogP contribution in [0.15, 0.2) is 127 Å². The Morgan fingerprint density at radius 2 is 0.788 bits per heavy atom. The van der Waals surface area contributed by atoms with Gasteiger partial charge in [0.15, 0.2) is 5.78 Å². The van der Waals surface area contributed by atoms with Crippen LogP contribution in [-0.2, 0) is 4.79 Å². The van der Waals surface area contributed by atoms with Crippen LogP contribution in [0.4, 0.5) is 0 Å². The first kappa shape index (κ1) is 20.8. The highest BCUT2D eigenvalue weighted by Gasteiger charge is 2.51. The largest absolute Gasteiger partial charge is 0.298 e. The van der Waals surface area contributed by atoms with Crippen LogP contribution in [0.25, 0.3) is 0 Å². The Morgan fingerprint density at radius 1 is 0.485 bits per heavy atom. The molecule has 0 aliphatic carbocycles. The molecule has 1 aliphatic heterocycles. The maximum atomic E-state index is 14.4. The molecular weight excluding hydrogens is 408 g/mol. The van der Waals surface area contributed by atoms with Gasteiger partial charge in [-0.3, -0.25) is 4.79 Å². The summed E-state index contributed by atoms with van der Waals surface area (Å²) in [7, 11) is 0. The molecule has 0 aromatic heterocycles. The summed E-state index contributed by atoms with van der Waals surface area (Å²) in [6.07, 6.45) is 0. The van der Waals surface area contributed by atoms with Crippen LogP contribution in [0.5, 0.6) is 0 Å². The quantitative estimate of drug-likeness (QED) is 0.334. The molecule has 0 N–H and O–H groups in total. The van der Waals surface area contributed by atoms with Crippen LogP contribution in [-0.4, -0.2) is 10.8 Å². The van der Waals surface area contributed by atoms with Crippen molar-refractivity contribution in [3.63, 3.8) is 0 Å². The van der Waals surface area contributed by atoms with Gasteiger partial charge in [-0.15, -0.1) is 4.91 Å². The average molecular weight is 433 g/mol. The van der Waals surface area contributed by atoms with Gasteiger partial charge < -0.3 is 0 Å². The smallest absolute Gasteiger partial charge is 0.152 e. The lowest BCUT2D eigenvalue weighted by atomic mass is 9.69. The zero-order valence-corrected chi connectivity index (χ0v) is 18.1. The van der Waals surface area contributed by atoms with Crippen LogP contribution in [0, 0.1) is 4.91 Å². The van der Waals surface area contributed by atoms with E-state index in [0.29, 0.717) is 0 Å². The Bertz CT molecular complexity index is 1120. The van der Waals surface area contributed by atoms with E-state index in [-0.39, 0.29) is 5.78 Å². The average Bonchev–Trinajstić information content (AvgIpc) is 2.90. The Kier molecular flexibility index (Phi) is 5.81. The standard InChI is InChI=1S/C29H24N2O2/c32-29-25(21-13-5-1-6-14-21)27(23-17-9-3-10-18-23)31(30-33)28(24-19-11-4-12-20-24)26(29)22-15-7-2-8-16-22/h1-20,25-28H/t25-,26+,27-,28+. The van der Waals surface area contributed by atoms with Gasteiger partial charge in [0.1, 0.15) is 0 Å². The molecule has 4 nitrogen and oxygen atoms in total. The summed E-state index contributed by atoms with van der Waals surface area (Å²) in [5, 5.41) is 5.19. The van der Waals surface area contributed by atoms with E-state index in [1.165, 1.54) is 0 Å². The van der Waals surface area contributed by atoms with E-state index in [1.54, 1.807) is 5.01 Å². The summed E-state index contributed by atoms with van der Waals surface area (Å²) < 4.78 is 0. The maximum Gasteiger partial charge on any atom is 0.152 e. The maximum absolute atomic E-state index is 14.4. The molecule has 0 unspecified atom stereocenters. The Labute approximate surface area is 193 Å². The second kappa shape index (κ2) is 9.21. The number of hydrogen-bond acceptors (Lipinski definition) is 3. The van der Waals surface area contributed by atoms with E-state index in [4.69, 9.17) is 0 Å². The van der Waals surface area contributed by atoms with Crippen molar-refractivity contribution in [1.82, 2.24) is 5.01 Å². The van der Waals surface area contributed by atoms with Crippen molar-refractivity contribution in [1.29, 1.82) is 0 Å². The van der Waals surface area contributed by atoms with Gasteiger partial charge in [-0.2, -0.15) is 0 Å². The molecule has 0 bridgehead atoms. The molecule has 1 fully saturated rings. The molecular formula is C29H24N2O2. The minimum Gasteiger partial charge on any atom is -0.298 e. The first-order chi connectivity index (χ1) is 16.3. The number of piperidine rings is 1. The molecule has 33 heavy (non-hydrogen) atoms. The predicted molar refractivity (Wildman–Crippen MR) is 129 cm³/mol. The summed E-state index contributed by atoms with van der Waals surface area (Å²) in [4.78, 5) is 26.9. The lowest BCUT2D eigenvalue weighted by molar-refractivity contribution is -0.131. The number of carbonyl (C=O) groups excluding carboxylic acids is 1. The van der Waals surface area contributed by atoms with Crippen molar-refractivity contribution in [3.8, 4) is 0 Å². The second-order valence-corrected chi connectivity index (χ2v) is 8.35. The van der Waals surface area contributed by atoms with Gasteiger partial charge in [0.05, 0.1) is 29.2 Å². The third-order valence-electron chi connectivity index (χ3n) is 6.51. The number of rotatable bonds is 5. The second-order valence-electron chi connectivity index (χ2n) is 8.35. The SMILES string of the molecule is O=NN1[C@H](c2ccccc2)[C@@H](c2ccccc2)C(=O)[C@@H](c2ccccc2)[C@@H]1c1ccccc1. The van der Waals surface area contributed by atoms with Gasteiger partial charge in [0, 0.05) is 0 Å². The summed E-state index contributed by atoms with van der Waals surface area (Å²) in [6.45, 7) is 0. The monoisotopic (exact) mass is 432 g/mol. The molecule has 0 amide bonds. The predicted octanol–water partition coefficient (Wildman–Crippen LogP) is 6.60. The van der Waals surface area contributed by atoms with Crippen LogP contribution in [0.2, 0.25) is 0 Å². The molecule has 4 heteroatoms. The van der Waals surface area contributed by atoms with E-state index < -0.39 is 23.9 Å². The normalized spacial score (nSPS) is 22.7. The number of ketones is 1. The number of nitrogens with zero attached hydrogens (tertiary/aromatic N) is 2. The van der Waals surface area contributed by atoms with Gasteiger partial charge in [-0.25, -0.2) is 5.01 Å². The fourth-order valence-corrected chi connectivity index (χ4v) is 5.09. The van der Waals surface area contributed by atoms with Gasteiger partial charge in [0.25, 0.3) is 0 Å². The van der Waals surface area contributed by atoms with Gasteiger partial charge in [-0.05, 0) is 22.3 Å². The van der Waals surface area contributed by atoms with E-state index in [9.17, 15) is 9.70 Å². The minimum absolute atomic E-state index is 0.0926. The molecule has 0 saturated carbocycles. The van der Waals surface area contributed by atoms with Crippen LogP contribution >= 0.6 is 0 Å². The fraction of sp³-hybridized carbons (Fsp3) is 0.138. The molecule has 1 aliphatic rings. The van der Waals surface area contributed by atoms with Gasteiger partial charge >= 0.3 is 0 Å². The molecule has 4 atom stereocenters. The molecule has 1 saturated heterocycles. The molecule has 1 heterocycles. The van der Waals surface area contributed by atoms with Gasteiger partial charge in [-0.1, -0.05) is 121 Å². The first-order valence-electron chi connectivity index (χ1n) is 11.1. The van der Waals surface area contributed by atoms with Gasteiger partial charge in [0.2, 0.25) is 0 Å². The fourth-order valence-electron chi connectivity index (χ4n) is 5.09. The van der Waals surface area contributed by atoms with Crippen molar-refractivity contribution < 1.29 is 4.79 Å². The number of Topliss-reactive ketones (excluding diaryl/α,β-unsaturated/α-hetero) is 1. The highest BCUT2D eigenvalue weighted by Crippen LogP contribution is 2.53. The molecule has 0 spiro atoms. The van der Waals surface area contributed by atoms with Crippen LogP contribution < -0.4 is 0 Å². The number of carbonyl (C=O) groups is 1. The topological polar surface area (TPSA) is 49.7 Å². The Hall–Kier alpha value is -4.05. The lowest BCUT2D eigenvalue weighted by Crippen LogP contribution is -2.46. The summed E-state index contributed by atoms with van der Waals surface area (Å²) in [5.74, 6) is -0.969. The number of hydrogen-bond donors (Lipinski definition) is 0. The highest BCUT2D eigenvalue weighted by atomic mass is 16.3. The molecule has 0 radical (unpaired) electrons. The minimum atomic E-state index is -0.531. The molecule has 4 aromatic carbocycles. The third kappa shape index (κ3) is 3.85. The summed E-state index contributed by atoms with van der Waals surface area (Å²) in [6, 6.07) is 37.9. The van der Waals surface area contributed by atoms with Crippen LogP contribution in [0.1, 0.15) is 46.2 Å². The van der Waals surface area contributed by atoms with Crippen molar-refractivity contribution in [2.45, 2.75) is 23.9 Å². The summed E-state index contributed by atoms with van der Waals surface area (Å²) >= 11 is 0. The summed E-state index contributed by atoms with van der Waals surface area (Å²) in [5.41, 5.74) is 3.56. The van der Waals surface area contributed by atoms with E-state index >= 15 is 0 Å². The van der Waals surface area contributed by atoms with E-state index in [2.05, 4.69) is 5.29 Å². The first-order valence-corrected chi connectivity index (χ1v) is 11.1. The van der Waals surface area contributed by atoms with E-state index in [0.717, 1.165) is 22.3 Å². The third-order valence-corrected chi connectivity index (χ3v) is 6.51. The number of nitroso groups, excluding NO2 is 1. The van der Waals surface area contributed by atoms with E-state index in [1.807, 2.05) is 121 Å². The van der Waals surface area contributed by atoms with Crippen molar-refractivity contribution in [2.24, 2.45) is 5.29 Å². The molecule has 162 valence electrons. The Balaban J connectivity index is 1.76. The van der Waals surface area contributed by atoms with Crippen molar-refractivity contribution in [2.75, 3.05) is 0 Å². The van der Waals surface area contributed by atoms with Crippen molar-refractivity contribution >= 4 is 5.78 Å². The lowest BCUT2D eigenvalue weighted by Gasteiger charge is -2.46.